The van der Waals surface area contributed by atoms with Gasteiger partial charge >= 0.3 is 0 Å². The lowest BCUT2D eigenvalue weighted by atomic mass is 10.1. The number of para-hydroxylation sites is 1. The van der Waals surface area contributed by atoms with Crippen molar-refractivity contribution in [2.75, 3.05) is 31.1 Å². The number of anilines is 1. The molecule has 0 atom stereocenters. The van der Waals surface area contributed by atoms with E-state index >= 15 is 0 Å². The van der Waals surface area contributed by atoms with Crippen LogP contribution in [0.25, 0.3) is 6.08 Å². The van der Waals surface area contributed by atoms with Gasteiger partial charge in [0.15, 0.2) is 0 Å². The summed E-state index contributed by atoms with van der Waals surface area (Å²) in [7, 11) is 0. The Bertz CT molecular complexity index is 732. The van der Waals surface area contributed by atoms with E-state index in [4.69, 9.17) is 11.6 Å². The first-order chi connectivity index (χ1) is 11.6. The van der Waals surface area contributed by atoms with E-state index in [0.29, 0.717) is 13.1 Å². The van der Waals surface area contributed by atoms with Gasteiger partial charge < -0.3 is 9.80 Å². The summed E-state index contributed by atoms with van der Waals surface area (Å²) in [5.41, 5.74) is 3.30. The molecular weight excluding hydrogens is 320 g/mol. The summed E-state index contributed by atoms with van der Waals surface area (Å²) in [6, 6.07) is 16.0. The number of halogens is 1. The average Bonchev–Trinajstić information content (AvgIpc) is 2.61. The molecule has 1 aliphatic rings. The number of benzene rings is 2. The molecule has 0 radical (unpaired) electrons. The average molecular weight is 341 g/mol. The molecule has 1 saturated heterocycles. The molecule has 4 heteroatoms. The molecule has 2 aromatic carbocycles. The normalized spacial score (nSPS) is 15.1. The Morgan fingerprint density at radius 1 is 1.00 bits per heavy atom. The summed E-state index contributed by atoms with van der Waals surface area (Å²) < 4.78 is 0. The predicted octanol–water partition coefficient (Wildman–Crippen LogP) is 4.01. The highest BCUT2D eigenvalue weighted by Gasteiger charge is 2.20. The highest BCUT2D eigenvalue weighted by Crippen LogP contribution is 2.26. The Morgan fingerprint density at radius 3 is 2.33 bits per heavy atom. The fourth-order valence-electron chi connectivity index (χ4n) is 2.83. The van der Waals surface area contributed by atoms with E-state index in [0.717, 1.165) is 29.4 Å². The summed E-state index contributed by atoms with van der Waals surface area (Å²) in [4.78, 5) is 16.5. The number of carbonyl (C=O) groups excluding carboxylic acids is 1. The van der Waals surface area contributed by atoms with E-state index in [1.165, 1.54) is 5.56 Å². The lowest BCUT2D eigenvalue weighted by molar-refractivity contribution is -0.126. The lowest BCUT2D eigenvalue weighted by Gasteiger charge is -2.36. The van der Waals surface area contributed by atoms with Crippen LogP contribution in [-0.2, 0) is 4.79 Å². The zero-order valence-electron chi connectivity index (χ0n) is 13.8. The molecule has 3 nitrogen and oxygen atoms in total. The highest BCUT2D eigenvalue weighted by molar-refractivity contribution is 6.33. The minimum Gasteiger partial charge on any atom is -0.367 e. The Labute approximate surface area is 148 Å². The molecule has 0 bridgehead atoms. The number of rotatable bonds is 3. The van der Waals surface area contributed by atoms with Crippen molar-refractivity contribution in [2.24, 2.45) is 0 Å². The van der Waals surface area contributed by atoms with Crippen LogP contribution in [-0.4, -0.2) is 37.0 Å². The van der Waals surface area contributed by atoms with E-state index in [2.05, 4.69) is 11.8 Å². The van der Waals surface area contributed by atoms with E-state index in [1.807, 2.05) is 59.5 Å². The smallest absolute Gasteiger partial charge is 0.246 e. The van der Waals surface area contributed by atoms with Gasteiger partial charge in [0.05, 0.1) is 10.7 Å². The van der Waals surface area contributed by atoms with Crippen LogP contribution in [0.4, 0.5) is 5.69 Å². The molecular formula is C20H21ClN2O. The second kappa shape index (κ2) is 7.54. The molecule has 1 heterocycles. The number of aryl methyl sites for hydroxylation is 1. The van der Waals surface area contributed by atoms with Gasteiger partial charge in [0.1, 0.15) is 0 Å². The minimum absolute atomic E-state index is 0.0642. The third kappa shape index (κ3) is 3.98. The second-order valence-corrected chi connectivity index (χ2v) is 6.41. The van der Waals surface area contributed by atoms with E-state index < -0.39 is 0 Å². The third-order valence-electron chi connectivity index (χ3n) is 4.28. The SMILES string of the molecule is Cc1ccc(/C=C/C(=O)N2CCN(c3ccccc3Cl)CC2)cc1. The Balaban J connectivity index is 1.57. The first-order valence-electron chi connectivity index (χ1n) is 8.16. The van der Waals surface area contributed by atoms with Gasteiger partial charge in [-0.05, 0) is 30.7 Å². The number of hydrogen-bond acceptors (Lipinski definition) is 2. The van der Waals surface area contributed by atoms with Crippen molar-refractivity contribution in [2.45, 2.75) is 6.92 Å². The van der Waals surface area contributed by atoms with Crippen molar-refractivity contribution in [1.29, 1.82) is 0 Å². The molecule has 1 fully saturated rings. The minimum atomic E-state index is 0.0642. The van der Waals surface area contributed by atoms with E-state index in [1.54, 1.807) is 6.08 Å². The standard InChI is InChI=1S/C20H21ClN2O/c1-16-6-8-17(9-7-16)10-11-20(24)23-14-12-22(13-15-23)19-5-3-2-4-18(19)21/h2-11H,12-15H2,1H3/b11-10+. The van der Waals surface area contributed by atoms with Crippen molar-refractivity contribution in [3.8, 4) is 0 Å². The van der Waals surface area contributed by atoms with Crippen molar-refractivity contribution in [1.82, 2.24) is 4.90 Å². The molecule has 24 heavy (non-hydrogen) atoms. The lowest BCUT2D eigenvalue weighted by Crippen LogP contribution is -2.48. The fraction of sp³-hybridized carbons (Fsp3) is 0.250. The van der Waals surface area contributed by atoms with Crippen LogP contribution in [0.2, 0.25) is 5.02 Å². The van der Waals surface area contributed by atoms with Gasteiger partial charge in [-0.2, -0.15) is 0 Å². The van der Waals surface area contributed by atoms with E-state index in [-0.39, 0.29) is 5.91 Å². The van der Waals surface area contributed by atoms with Crippen LogP contribution in [0.15, 0.2) is 54.6 Å². The first kappa shape index (κ1) is 16.6. The molecule has 0 saturated carbocycles. The molecule has 1 amide bonds. The zero-order valence-corrected chi connectivity index (χ0v) is 14.5. The van der Waals surface area contributed by atoms with Crippen LogP contribution in [0, 0.1) is 6.92 Å². The van der Waals surface area contributed by atoms with Crippen LogP contribution in [0.1, 0.15) is 11.1 Å². The first-order valence-corrected chi connectivity index (χ1v) is 8.54. The Hall–Kier alpha value is -2.26. The summed E-state index contributed by atoms with van der Waals surface area (Å²) in [5, 5.41) is 0.761. The van der Waals surface area contributed by atoms with Gasteiger partial charge in [-0.15, -0.1) is 0 Å². The summed E-state index contributed by atoms with van der Waals surface area (Å²) >= 11 is 6.25. The third-order valence-corrected chi connectivity index (χ3v) is 4.60. The molecule has 0 spiro atoms. The maximum Gasteiger partial charge on any atom is 0.246 e. The van der Waals surface area contributed by atoms with Crippen molar-refractivity contribution in [3.63, 3.8) is 0 Å². The van der Waals surface area contributed by atoms with Gasteiger partial charge in [0.2, 0.25) is 5.91 Å². The van der Waals surface area contributed by atoms with E-state index in [9.17, 15) is 4.79 Å². The molecule has 124 valence electrons. The highest BCUT2D eigenvalue weighted by atomic mass is 35.5. The van der Waals surface area contributed by atoms with Crippen molar-refractivity contribution < 1.29 is 4.79 Å². The molecule has 2 aromatic rings. The van der Waals surface area contributed by atoms with Gasteiger partial charge in [-0.1, -0.05) is 53.6 Å². The van der Waals surface area contributed by atoms with Crippen molar-refractivity contribution >= 4 is 29.3 Å². The number of nitrogens with zero attached hydrogens (tertiary/aromatic N) is 2. The van der Waals surface area contributed by atoms with Crippen LogP contribution >= 0.6 is 11.6 Å². The molecule has 0 unspecified atom stereocenters. The number of hydrogen-bond donors (Lipinski definition) is 0. The maximum atomic E-state index is 12.3. The quantitative estimate of drug-likeness (QED) is 0.788. The Kier molecular flexibility index (Phi) is 5.21. The summed E-state index contributed by atoms with van der Waals surface area (Å²) in [6.45, 7) is 5.07. The van der Waals surface area contributed by atoms with Crippen LogP contribution in [0.3, 0.4) is 0 Å². The second-order valence-electron chi connectivity index (χ2n) is 6.01. The molecule has 0 aromatic heterocycles. The predicted molar refractivity (Wildman–Crippen MR) is 100 cm³/mol. The molecule has 1 aliphatic heterocycles. The van der Waals surface area contributed by atoms with Gasteiger partial charge in [-0.3, -0.25) is 4.79 Å². The maximum absolute atomic E-state index is 12.3. The topological polar surface area (TPSA) is 23.6 Å². The van der Waals surface area contributed by atoms with Crippen molar-refractivity contribution in [3.05, 3.63) is 70.8 Å². The van der Waals surface area contributed by atoms with Crippen LogP contribution in [0.5, 0.6) is 0 Å². The van der Waals surface area contributed by atoms with Crippen LogP contribution < -0.4 is 4.90 Å². The molecule has 0 N–H and O–H groups in total. The summed E-state index contributed by atoms with van der Waals surface area (Å²) in [5.74, 6) is 0.0642. The van der Waals surface area contributed by atoms with Gasteiger partial charge in [0, 0.05) is 32.3 Å². The number of carbonyl (C=O) groups is 1. The van der Waals surface area contributed by atoms with Gasteiger partial charge in [-0.25, -0.2) is 0 Å². The number of amides is 1. The summed E-state index contributed by atoms with van der Waals surface area (Å²) in [6.07, 6.45) is 3.54. The Morgan fingerprint density at radius 2 is 1.67 bits per heavy atom. The monoisotopic (exact) mass is 340 g/mol. The largest absolute Gasteiger partial charge is 0.367 e. The molecule has 3 rings (SSSR count). The fourth-order valence-corrected chi connectivity index (χ4v) is 3.08. The molecule has 0 aliphatic carbocycles. The zero-order chi connectivity index (χ0) is 16.9. The van der Waals surface area contributed by atoms with Gasteiger partial charge in [0.25, 0.3) is 0 Å². The number of piperazine rings is 1.